The molecule has 0 aliphatic carbocycles. The molecular formula is C16H22N4OS2. The predicted molar refractivity (Wildman–Crippen MR) is 94.8 cm³/mol. The third-order valence-electron chi connectivity index (χ3n) is 4.07. The van der Waals surface area contributed by atoms with E-state index in [-0.39, 0.29) is 11.2 Å². The van der Waals surface area contributed by atoms with Crippen LogP contribution >= 0.6 is 23.1 Å². The average molecular weight is 351 g/mol. The summed E-state index contributed by atoms with van der Waals surface area (Å²) in [5.41, 5.74) is 0. The summed E-state index contributed by atoms with van der Waals surface area (Å²) in [5.74, 6) is 1.11. The number of carbonyl (C=O) groups is 1. The normalized spacial score (nSPS) is 16.5. The van der Waals surface area contributed by atoms with Gasteiger partial charge in [0, 0.05) is 19.6 Å². The molecule has 1 saturated heterocycles. The number of nitrogens with zero attached hydrogens (tertiary/aromatic N) is 4. The molecular weight excluding hydrogens is 328 g/mol. The number of rotatable bonds is 5. The van der Waals surface area contributed by atoms with E-state index in [1.165, 1.54) is 18.2 Å². The van der Waals surface area contributed by atoms with Crippen LogP contribution in [0.2, 0.25) is 0 Å². The molecule has 3 rings (SSSR count). The lowest BCUT2D eigenvalue weighted by molar-refractivity contribution is -0.131. The van der Waals surface area contributed by atoms with Gasteiger partial charge in [0.15, 0.2) is 11.0 Å². The summed E-state index contributed by atoms with van der Waals surface area (Å²) < 4.78 is 2.09. The Hall–Kier alpha value is -1.34. The van der Waals surface area contributed by atoms with Crippen molar-refractivity contribution in [2.75, 3.05) is 13.1 Å². The second-order valence-corrected chi connectivity index (χ2v) is 7.93. The molecule has 0 bridgehead atoms. The lowest BCUT2D eigenvalue weighted by atomic mass is 10.1. The molecule has 23 heavy (non-hydrogen) atoms. The van der Waals surface area contributed by atoms with Gasteiger partial charge in [-0.25, -0.2) is 0 Å². The van der Waals surface area contributed by atoms with E-state index in [2.05, 4.69) is 27.8 Å². The van der Waals surface area contributed by atoms with Gasteiger partial charge < -0.3 is 9.47 Å². The van der Waals surface area contributed by atoms with Crippen LogP contribution in [0.1, 0.15) is 33.1 Å². The van der Waals surface area contributed by atoms with Gasteiger partial charge in [-0.3, -0.25) is 4.79 Å². The van der Waals surface area contributed by atoms with E-state index >= 15 is 0 Å². The lowest BCUT2D eigenvalue weighted by Crippen LogP contribution is -2.40. The van der Waals surface area contributed by atoms with Gasteiger partial charge in [0.2, 0.25) is 5.91 Å². The van der Waals surface area contributed by atoms with Crippen LogP contribution in [0.3, 0.4) is 0 Å². The first-order chi connectivity index (χ1) is 11.2. The Kier molecular flexibility index (Phi) is 5.38. The zero-order chi connectivity index (χ0) is 16.2. The van der Waals surface area contributed by atoms with Gasteiger partial charge in [-0.2, -0.15) is 0 Å². The van der Waals surface area contributed by atoms with Crippen molar-refractivity contribution in [2.24, 2.45) is 0 Å². The van der Waals surface area contributed by atoms with Gasteiger partial charge in [0.1, 0.15) is 0 Å². The number of likely N-dealkylation sites (tertiary alicyclic amines) is 1. The van der Waals surface area contributed by atoms with E-state index in [9.17, 15) is 4.79 Å². The lowest BCUT2D eigenvalue weighted by Gasteiger charge is -2.28. The Balaban J connectivity index is 1.73. The van der Waals surface area contributed by atoms with Crippen LogP contribution in [-0.4, -0.2) is 43.9 Å². The molecule has 0 saturated carbocycles. The maximum absolute atomic E-state index is 12.6. The van der Waals surface area contributed by atoms with Gasteiger partial charge >= 0.3 is 0 Å². The van der Waals surface area contributed by atoms with Gasteiger partial charge in [-0.15, -0.1) is 21.5 Å². The highest BCUT2D eigenvalue weighted by molar-refractivity contribution is 8.00. The third-order valence-corrected chi connectivity index (χ3v) is 6.01. The molecule has 3 heterocycles. The Morgan fingerprint density at radius 3 is 2.78 bits per heavy atom. The molecule has 0 radical (unpaired) electrons. The molecule has 2 aromatic rings. The first-order valence-corrected chi connectivity index (χ1v) is 9.89. The molecule has 0 N–H and O–H groups in total. The summed E-state index contributed by atoms with van der Waals surface area (Å²) in [5, 5.41) is 11.4. The zero-order valence-electron chi connectivity index (χ0n) is 13.6. The number of thioether (sulfide) groups is 1. The van der Waals surface area contributed by atoms with Crippen molar-refractivity contribution in [3.63, 3.8) is 0 Å². The van der Waals surface area contributed by atoms with E-state index in [0.29, 0.717) is 0 Å². The van der Waals surface area contributed by atoms with Crippen molar-refractivity contribution in [2.45, 2.75) is 50.1 Å². The van der Waals surface area contributed by atoms with Gasteiger partial charge in [-0.1, -0.05) is 17.8 Å². The topological polar surface area (TPSA) is 51.0 Å². The van der Waals surface area contributed by atoms with Crippen molar-refractivity contribution in [1.29, 1.82) is 0 Å². The molecule has 7 heteroatoms. The van der Waals surface area contributed by atoms with E-state index in [4.69, 9.17) is 0 Å². The van der Waals surface area contributed by atoms with E-state index in [1.807, 2.05) is 23.3 Å². The maximum Gasteiger partial charge on any atom is 0.235 e. The Morgan fingerprint density at radius 2 is 2.13 bits per heavy atom. The number of carbonyl (C=O) groups excluding carboxylic acids is 1. The smallest absolute Gasteiger partial charge is 0.235 e. The number of hydrogen-bond donors (Lipinski definition) is 0. The fourth-order valence-electron chi connectivity index (χ4n) is 2.83. The molecule has 1 fully saturated rings. The first-order valence-electron chi connectivity index (χ1n) is 8.13. The average Bonchev–Trinajstić information content (AvgIpc) is 3.23. The highest BCUT2D eigenvalue weighted by atomic mass is 32.2. The van der Waals surface area contributed by atoms with Gasteiger partial charge in [0.05, 0.1) is 10.1 Å². The first kappa shape index (κ1) is 16.5. The summed E-state index contributed by atoms with van der Waals surface area (Å²) in [6.07, 6.45) is 3.48. The largest absolute Gasteiger partial charge is 0.342 e. The summed E-state index contributed by atoms with van der Waals surface area (Å²) in [4.78, 5) is 15.7. The summed E-state index contributed by atoms with van der Waals surface area (Å²) in [6, 6.07) is 4.07. The zero-order valence-corrected chi connectivity index (χ0v) is 15.2. The molecule has 1 amide bonds. The van der Waals surface area contributed by atoms with Gasteiger partial charge in [-0.05, 0) is 44.6 Å². The molecule has 0 spiro atoms. The van der Waals surface area contributed by atoms with Crippen LogP contribution in [0.15, 0.2) is 22.7 Å². The number of piperidine rings is 1. The number of amides is 1. The van der Waals surface area contributed by atoms with Crippen LogP contribution in [0.4, 0.5) is 0 Å². The molecule has 1 unspecified atom stereocenters. The minimum atomic E-state index is -0.126. The van der Waals surface area contributed by atoms with Crippen molar-refractivity contribution in [3.05, 3.63) is 17.5 Å². The SMILES string of the molecule is CCn1c(SC(C)C(=O)N2CCCCC2)nnc1-c1cccs1. The Labute approximate surface area is 145 Å². The highest BCUT2D eigenvalue weighted by Crippen LogP contribution is 2.29. The van der Waals surface area contributed by atoms with Crippen molar-refractivity contribution < 1.29 is 4.79 Å². The predicted octanol–water partition coefficient (Wildman–Crippen LogP) is 3.52. The van der Waals surface area contributed by atoms with Crippen LogP contribution in [0.5, 0.6) is 0 Å². The molecule has 124 valence electrons. The second-order valence-electron chi connectivity index (χ2n) is 5.67. The Bertz CT molecular complexity index is 647. The second kappa shape index (κ2) is 7.49. The fraction of sp³-hybridized carbons (Fsp3) is 0.562. The minimum Gasteiger partial charge on any atom is -0.342 e. The highest BCUT2D eigenvalue weighted by Gasteiger charge is 2.25. The number of aromatic nitrogens is 3. The molecule has 1 aliphatic heterocycles. The minimum absolute atomic E-state index is 0.126. The number of thiophene rings is 1. The van der Waals surface area contributed by atoms with E-state index in [1.54, 1.807) is 11.3 Å². The fourth-order valence-corrected chi connectivity index (χ4v) is 4.54. The van der Waals surface area contributed by atoms with Crippen LogP contribution < -0.4 is 0 Å². The summed E-state index contributed by atoms with van der Waals surface area (Å²) in [6.45, 7) is 6.64. The summed E-state index contributed by atoms with van der Waals surface area (Å²) >= 11 is 3.18. The van der Waals surface area contributed by atoms with E-state index < -0.39 is 0 Å². The van der Waals surface area contributed by atoms with Crippen molar-refractivity contribution in [3.8, 4) is 10.7 Å². The summed E-state index contributed by atoms with van der Waals surface area (Å²) in [7, 11) is 0. The van der Waals surface area contributed by atoms with Crippen LogP contribution in [0, 0.1) is 0 Å². The molecule has 1 atom stereocenters. The van der Waals surface area contributed by atoms with Gasteiger partial charge in [0.25, 0.3) is 0 Å². The quantitative estimate of drug-likeness (QED) is 0.774. The number of hydrogen-bond acceptors (Lipinski definition) is 5. The maximum atomic E-state index is 12.6. The van der Waals surface area contributed by atoms with Crippen molar-refractivity contribution >= 4 is 29.0 Å². The van der Waals surface area contributed by atoms with Crippen LogP contribution in [0.25, 0.3) is 10.7 Å². The standard InChI is InChI=1S/C16H22N4OS2/c1-3-20-14(13-8-7-11-22-13)17-18-16(20)23-12(2)15(21)19-9-5-4-6-10-19/h7-8,11-12H,3-6,9-10H2,1-2H3. The molecule has 5 nitrogen and oxygen atoms in total. The van der Waals surface area contributed by atoms with Crippen LogP contribution in [-0.2, 0) is 11.3 Å². The molecule has 2 aromatic heterocycles. The molecule has 0 aromatic carbocycles. The molecule has 1 aliphatic rings. The van der Waals surface area contributed by atoms with E-state index in [0.717, 1.165) is 48.3 Å². The van der Waals surface area contributed by atoms with Crippen molar-refractivity contribution in [1.82, 2.24) is 19.7 Å². The Morgan fingerprint density at radius 1 is 1.35 bits per heavy atom. The third kappa shape index (κ3) is 3.61. The monoisotopic (exact) mass is 350 g/mol.